The number of ether oxygens (including phenoxy) is 1. The number of carbonyl (C=O) groups is 2. The molecule has 7 nitrogen and oxygen atoms in total. The first-order valence-corrected chi connectivity index (χ1v) is 16.1. The van der Waals surface area contributed by atoms with E-state index in [2.05, 4.69) is 17.1 Å². The predicted octanol–water partition coefficient (Wildman–Crippen LogP) is 8.24. The molecule has 0 saturated heterocycles. The molecule has 1 unspecified atom stereocenters. The van der Waals surface area contributed by atoms with E-state index in [4.69, 9.17) is 16.3 Å². The molecule has 10 heteroatoms. The molecule has 0 bridgehead atoms. The zero-order valence-corrected chi connectivity index (χ0v) is 25.9. The maximum absolute atomic E-state index is 13.6. The number of amides is 1. The van der Waals surface area contributed by atoms with E-state index in [0.29, 0.717) is 33.0 Å². The molecule has 1 aliphatic rings. The largest absolute Gasteiger partial charge is 0.503 e. The topological polar surface area (TPSA) is 92.6 Å². The van der Waals surface area contributed by atoms with Gasteiger partial charge in [-0.1, -0.05) is 115 Å². The van der Waals surface area contributed by atoms with Crippen LogP contribution in [0.2, 0.25) is 5.02 Å². The summed E-state index contributed by atoms with van der Waals surface area (Å²) in [7, 11) is 0. The van der Waals surface area contributed by atoms with Crippen molar-refractivity contribution in [2.45, 2.75) is 42.3 Å². The molecular formula is C33H30ClN3O4S2. The summed E-state index contributed by atoms with van der Waals surface area (Å²) in [5.74, 6) is -0.527. The molecule has 2 heterocycles. The number of unbranched alkanes of at least 4 members (excludes halogenated alkanes) is 2. The van der Waals surface area contributed by atoms with Gasteiger partial charge in [-0.15, -0.1) is 10.2 Å². The molecule has 5 rings (SSSR count). The van der Waals surface area contributed by atoms with E-state index in [9.17, 15) is 14.7 Å². The number of carbonyl (C=O) groups excluding carboxylic acids is 2. The van der Waals surface area contributed by atoms with Crippen LogP contribution in [0, 0.1) is 0 Å². The van der Waals surface area contributed by atoms with Gasteiger partial charge in [-0.25, -0.2) is 0 Å². The van der Waals surface area contributed by atoms with Crippen molar-refractivity contribution in [2.75, 3.05) is 11.5 Å². The van der Waals surface area contributed by atoms with E-state index in [1.807, 2.05) is 72.8 Å². The number of aromatic nitrogens is 2. The van der Waals surface area contributed by atoms with E-state index in [1.165, 1.54) is 34.1 Å². The minimum Gasteiger partial charge on any atom is -0.503 e. The second-order valence-corrected chi connectivity index (χ2v) is 12.5. The summed E-state index contributed by atoms with van der Waals surface area (Å²) < 4.78 is 6.62. The van der Waals surface area contributed by atoms with Gasteiger partial charge < -0.3 is 9.84 Å². The molecule has 1 N–H and O–H groups in total. The van der Waals surface area contributed by atoms with Crippen molar-refractivity contribution in [3.8, 4) is 5.75 Å². The van der Waals surface area contributed by atoms with Crippen LogP contribution in [0.25, 0.3) is 6.08 Å². The molecule has 1 atom stereocenters. The van der Waals surface area contributed by atoms with E-state index >= 15 is 0 Å². The van der Waals surface area contributed by atoms with Crippen LogP contribution in [0.5, 0.6) is 5.75 Å². The fraction of sp³-hybridized carbons (Fsp3) is 0.212. The standard InChI is InChI=1S/C33H30ClN3O4S2/c1-2-3-7-19-41-26-12-8-11-24(20-26)29-28(27(38)18-15-22-9-5-4-6-10-22)30(39)31(40)37(29)32-35-36-33(43-32)42-21-23-13-16-25(34)17-14-23/h4-6,8-18,20,29,39H,2-3,7,19,21H2,1H3/b18-15+. The number of aliphatic hydroxyl groups excluding tert-OH is 1. The lowest BCUT2D eigenvalue weighted by Crippen LogP contribution is -2.30. The van der Waals surface area contributed by atoms with Crippen molar-refractivity contribution < 1.29 is 19.4 Å². The normalized spacial score (nSPS) is 15.1. The number of hydrogen-bond donors (Lipinski definition) is 1. The minimum absolute atomic E-state index is 0.0223. The second kappa shape index (κ2) is 14.5. The van der Waals surface area contributed by atoms with E-state index in [1.54, 1.807) is 12.1 Å². The molecule has 0 fully saturated rings. The van der Waals surface area contributed by atoms with Crippen LogP contribution in [-0.2, 0) is 15.3 Å². The first-order chi connectivity index (χ1) is 20.9. The number of ketones is 1. The second-order valence-electron chi connectivity index (χ2n) is 9.84. The van der Waals surface area contributed by atoms with Gasteiger partial charge in [-0.2, -0.15) is 0 Å². The number of anilines is 1. The highest BCUT2D eigenvalue weighted by Crippen LogP contribution is 2.44. The molecule has 0 spiro atoms. The van der Waals surface area contributed by atoms with Gasteiger partial charge >= 0.3 is 0 Å². The van der Waals surface area contributed by atoms with Crippen LogP contribution in [-0.4, -0.2) is 33.6 Å². The summed E-state index contributed by atoms with van der Waals surface area (Å²) in [6.07, 6.45) is 6.10. The molecule has 1 aliphatic heterocycles. The highest BCUT2D eigenvalue weighted by molar-refractivity contribution is 8.00. The number of thioether (sulfide) groups is 1. The Hall–Kier alpha value is -3.92. The third kappa shape index (κ3) is 7.54. The number of allylic oxidation sites excluding steroid dienone is 1. The van der Waals surface area contributed by atoms with Gasteiger partial charge in [0.25, 0.3) is 5.91 Å². The minimum atomic E-state index is -0.915. The molecule has 0 radical (unpaired) electrons. The lowest BCUT2D eigenvalue weighted by atomic mass is 9.95. The van der Waals surface area contributed by atoms with Crippen LogP contribution < -0.4 is 9.64 Å². The summed E-state index contributed by atoms with van der Waals surface area (Å²) in [6.45, 7) is 2.69. The number of benzene rings is 3. The van der Waals surface area contributed by atoms with Gasteiger partial charge in [0.1, 0.15) is 5.75 Å². The molecule has 0 saturated carbocycles. The maximum Gasteiger partial charge on any atom is 0.296 e. The summed E-state index contributed by atoms with van der Waals surface area (Å²) in [6, 6.07) is 23.3. The van der Waals surface area contributed by atoms with Crippen molar-refractivity contribution in [3.63, 3.8) is 0 Å². The molecule has 220 valence electrons. The molecule has 4 aromatic rings. The Balaban J connectivity index is 1.45. The monoisotopic (exact) mass is 631 g/mol. The Morgan fingerprint density at radius 1 is 1.07 bits per heavy atom. The Kier molecular flexibility index (Phi) is 10.3. The SMILES string of the molecule is CCCCCOc1cccc(C2C(C(=O)/C=C/c3ccccc3)=C(O)C(=O)N2c2nnc(SCc3ccc(Cl)cc3)s2)c1. The lowest BCUT2D eigenvalue weighted by molar-refractivity contribution is -0.117. The Bertz CT molecular complexity index is 1640. The third-order valence-electron chi connectivity index (χ3n) is 6.77. The van der Waals surface area contributed by atoms with Crippen LogP contribution >= 0.6 is 34.7 Å². The van der Waals surface area contributed by atoms with E-state index in [0.717, 1.165) is 30.4 Å². The molecule has 0 aliphatic carbocycles. The Labute approximate surface area is 263 Å². The van der Waals surface area contributed by atoms with E-state index < -0.39 is 23.5 Å². The average molecular weight is 632 g/mol. The lowest BCUT2D eigenvalue weighted by Gasteiger charge is -2.24. The van der Waals surface area contributed by atoms with Gasteiger partial charge in [-0.3, -0.25) is 14.5 Å². The van der Waals surface area contributed by atoms with Gasteiger partial charge in [0, 0.05) is 10.8 Å². The molecule has 3 aromatic carbocycles. The highest BCUT2D eigenvalue weighted by Gasteiger charge is 2.45. The molecular weight excluding hydrogens is 602 g/mol. The summed E-state index contributed by atoms with van der Waals surface area (Å²) in [5.41, 5.74) is 2.48. The fourth-order valence-electron chi connectivity index (χ4n) is 4.60. The van der Waals surface area contributed by atoms with Crippen LogP contribution in [0.4, 0.5) is 5.13 Å². The van der Waals surface area contributed by atoms with E-state index in [-0.39, 0.29) is 10.7 Å². The fourth-order valence-corrected chi connectivity index (χ4v) is 6.55. The highest BCUT2D eigenvalue weighted by atomic mass is 35.5. The van der Waals surface area contributed by atoms with Crippen molar-refractivity contribution in [1.82, 2.24) is 10.2 Å². The quantitative estimate of drug-likeness (QED) is 0.0687. The smallest absolute Gasteiger partial charge is 0.296 e. The number of hydrogen-bond acceptors (Lipinski definition) is 8. The number of aliphatic hydroxyl groups is 1. The number of rotatable bonds is 13. The van der Waals surface area contributed by atoms with Crippen molar-refractivity contribution in [2.24, 2.45) is 0 Å². The van der Waals surface area contributed by atoms with Gasteiger partial charge in [0.15, 0.2) is 15.9 Å². The van der Waals surface area contributed by atoms with Gasteiger partial charge in [0.05, 0.1) is 18.2 Å². The first kappa shape index (κ1) is 30.5. The average Bonchev–Trinajstić information content (AvgIpc) is 3.60. The zero-order valence-electron chi connectivity index (χ0n) is 23.5. The first-order valence-electron chi connectivity index (χ1n) is 13.9. The Morgan fingerprint density at radius 2 is 1.86 bits per heavy atom. The molecule has 1 amide bonds. The Morgan fingerprint density at radius 3 is 2.63 bits per heavy atom. The zero-order chi connectivity index (χ0) is 30.2. The molecule has 1 aromatic heterocycles. The number of nitrogens with zero attached hydrogens (tertiary/aromatic N) is 3. The third-order valence-corrected chi connectivity index (χ3v) is 9.15. The van der Waals surface area contributed by atoms with Gasteiger partial charge in [-0.05, 0) is 53.5 Å². The number of halogens is 1. The summed E-state index contributed by atoms with van der Waals surface area (Å²) in [4.78, 5) is 28.5. The molecule has 43 heavy (non-hydrogen) atoms. The predicted molar refractivity (Wildman–Crippen MR) is 173 cm³/mol. The van der Waals surface area contributed by atoms with Crippen LogP contribution in [0.3, 0.4) is 0 Å². The van der Waals surface area contributed by atoms with Gasteiger partial charge in [0.2, 0.25) is 5.13 Å². The summed E-state index contributed by atoms with van der Waals surface area (Å²) >= 11 is 8.70. The maximum atomic E-state index is 13.6. The summed E-state index contributed by atoms with van der Waals surface area (Å²) in [5, 5.41) is 20.6. The van der Waals surface area contributed by atoms with Crippen LogP contribution in [0.1, 0.15) is 48.9 Å². The van der Waals surface area contributed by atoms with Crippen molar-refractivity contribution >= 4 is 57.6 Å². The van der Waals surface area contributed by atoms with Crippen LogP contribution in [0.15, 0.2) is 101 Å². The van der Waals surface area contributed by atoms with Crippen molar-refractivity contribution in [3.05, 3.63) is 118 Å². The van der Waals surface area contributed by atoms with Crippen molar-refractivity contribution in [1.29, 1.82) is 0 Å².